The Balaban J connectivity index is 2.03. The second-order valence-electron chi connectivity index (χ2n) is 7.06. The molecular formula is C14H26OS3. The van der Waals surface area contributed by atoms with E-state index in [1.54, 1.807) is 0 Å². The van der Waals surface area contributed by atoms with Crippen LogP contribution < -0.4 is 0 Å². The summed E-state index contributed by atoms with van der Waals surface area (Å²) in [5.74, 6) is 3.44. The molecule has 3 heterocycles. The molecule has 0 spiro atoms. The lowest BCUT2D eigenvalue weighted by Gasteiger charge is -2.52. The van der Waals surface area contributed by atoms with Gasteiger partial charge in [-0.15, -0.1) is 23.5 Å². The van der Waals surface area contributed by atoms with Crippen LogP contribution in [0, 0.1) is 10.8 Å². The molecule has 3 saturated heterocycles. The van der Waals surface area contributed by atoms with E-state index in [4.69, 9.17) is 0 Å². The lowest BCUT2D eigenvalue weighted by molar-refractivity contribution is 0.357. The average molecular weight is 307 g/mol. The highest BCUT2D eigenvalue weighted by atomic mass is 32.3. The Kier molecular flexibility index (Phi) is 4.51. The van der Waals surface area contributed by atoms with Crippen molar-refractivity contribution >= 4 is 34.3 Å². The van der Waals surface area contributed by atoms with Gasteiger partial charge in [0.05, 0.1) is 0 Å². The van der Waals surface area contributed by atoms with Gasteiger partial charge in [-0.25, -0.2) is 0 Å². The number of thioether (sulfide) groups is 2. The van der Waals surface area contributed by atoms with Crippen LogP contribution in [0.1, 0.15) is 53.4 Å². The van der Waals surface area contributed by atoms with Gasteiger partial charge >= 0.3 is 0 Å². The van der Waals surface area contributed by atoms with Gasteiger partial charge in [-0.2, -0.15) is 0 Å². The number of hydrogen-bond acceptors (Lipinski definition) is 3. The van der Waals surface area contributed by atoms with E-state index in [2.05, 4.69) is 27.7 Å². The van der Waals surface area contributed by atoms with Gasteiger partial charge < -0.3 is 0 Å². The highest BCUT2D eigenvalue weighted by molar-refractivity contribution is 8.31. The Hall–Kier alpha value is 0.850. The van der Waals surface area contributed by atoms with Crippen molar-refractivity contribution < 1.29 is 4.21 Å². The molecule has 0 N–H and O–H groups in total. The molecule has 0 saturated carbocycles. The van der Waals surface area contributed by atoms with Crippen LogP contribution in [0.4, 0.5) is 0 Å². The highest BCUT2D eigenvalue weighted by Crippen LogP contribution is 2.60. The molecule has 3 rings (SSSR count). The summed E-state index contributed by atoms with van der Waals surface area (Å²) in [6.07, 6.45) is 4.78. The van der Waals surface area contributed by atoms with Crippen LogP contribution >= 0.6 is 23.5 Å². The van der Waals surface area contributed by atoms with Gasteiger partial charge in [-0.3, -0.25) is 4.21 Å². The summed E-state index contributed by atoms with van der Waals surface area (Å²) in [5.41, 5.74) is 0.744. The summed E-state index contributed by atoms with van der Waals surface area (Å²) in [5, 5.41) is 0. The standard InChI is InChI=1S/C14H26OS3/c1-5-6-13-9-16-14(17-10-13,18(15)11-13)8-7-12(2,3)4/h5-11H2,1-4H3. The van der Waals surface area contributed by atoms with Gasteiger partial charge in [0.25, 0.3) is 0 Å². The first-order chi connectivity index (χ1) is 8.31. The Morgan fingerprint density at radius 2 is 1.78 bits per heavy atom. The fraction of sp³-hybridized carbons (Fsp3) is 1.00. The average Bonchev–Trinajstić information content (AvgIpc) is 2.28. The van der Waals surface area contributed by atoms with Crippen LogP contribution in [-0.2, 0) is 10.8 Å². The van der Waals surface area contributed by atoms with E-state index in [1.807, 2.05) is 23.5 Å². The minimum Gasteiger partial charge on any atom is -0.257 e. The van der Waals surface area contributed by atoms with Crippen LogP contribution in [0.2, 0.25) is 0 Å². The van der Waals surface area contributed by atoms with Crippen molar-refractivity contribution in [2.75, 3.05) is 17.3 Å². The van der Waals surface area contributed by atoms with Gasteiger partial charge in [0, 0.05) is 33.5 Å². The smallest absolute Gasteiger partial charge is 0.136 e. The van der Waals surface area contributed by atoms with Crippen molar-refractivity contribution in [3.63, 3.8) is 0 Å². The minimum atomic E-state index is -0.636. The van der Waals surface area contributed by atoms with Crippen LogP contribution in [-0.4, -0.2) is 24.9 Å². The van der Waals surface area contributed by atoms with Crippen molar-refractivity contribution in [2.24, 2.45) is 10.8 Å². The van der Waals surface area contributed by atoms with Crippen LogP contribution in [0.3, 0.4) is 0 Å². The molecule has 18 heavy (non-hydrogen) atoms. The minimum absolute atomic E-state index is 0.0305. The lowest BCUT2D eigenvalue weighted by Crippen LogP contribution is -2.51. The zero-order valence-electron chi connectivity index (χ0n) is 12.1. The Morgan fingerprint density at radius 1 is 1.17 bits per heavy atom. The molecule has 3 fully saturated rings. The second-order valence-corrected chi connectivity index (χ2v) is 12.1. The molecule has 0 aromatic carbocycles. The van der Waals surface area contributed by atoms with E-state index >= 15 is 0 Å². The monoisotopic (exact) mass is 306 g/mol. The van der Waals surface area contributed by atoms with E-state index in [0.29, 0.717) is 10.8 Å². The van der Waals surface area contributed by atoms with Crippen molar-refractivity contribution in [1.29, 1.82) is 0 Å². The first kappa shape index (κ1) is 15.2. The molecule has 3 aliphatic rings. The van der Waals surface area contributed by atoms with Crippen molar-refractivity contribution in [2.45, 2.75) is 56.8 Å². The molecule has 1 atom stereocenters. The summed E-state index contributed by atoms with van der Waals surface area (Å²) < 4.78 is 12.7. The topological polar surface area (TPSA) is 17.1 Å². The molecular weight excluding hydrogens is 280 g/mol. The normalized spacial score (nSPS) is 40.1. The van der Waals surface area contributed by atoms with Crippen LogP contribution in [0.5, 0.6) is 0 Å². The molecule has 106 valence electrons. The Labute approximate surface area is 123 Å². The number of hydrogen-bond donors (Lipinski definition) is 0. The third kappa shape index (κ3) is 3.12. The van der Waals surface area contributed by atoms with Gasteiger partial charge in [0.2, 0.25) is 0 Å². The van der Waals surface area contributed by atoms with Crippen molar-refractivity contribution in [1.82, 2.24) is 0 Å². The van der Waals surface area contributed by atoms with E-state index < -0.39 is 10.8 Å². The third-order valence-corrected chi connectivity index (χ3v) is 11.0. The van der Waals surface area contributed by atoms with Gasteiger partial charge in [0.15, 0.2) is 0 Å². The molecule has 0 aromatic heterocycles. The highest BCUT2D eigenvalue weighted by Gasteiger charge is 2.54. The van der Waals surface area contributed by atoms with Gasteiger partial charge in [-0.05, 0) is 24.7 Å². The summed E-state index contributed by atoms with van der Waals surface area (Å²) >= 11 is 4.02. The number of fused-ring (bicyclic) bond motifs is 3. The van der Waals surface area contributed by atoms with Crippen molar-refractivity contribution in [3.8, 4) is 0 Å². The first-order valence-electron chi connectivity index (χ1n) is 6.97. The largest absolute Gasteiger partial charge is 0.257 e. The molecule has 4 heteroatoms. The molecule has 3 aliphatic heterocycles. The molecule has 0 aromatic rings. The maximum Gasteiger partial charge on any atom is 0.136 e. The fourth-order valence-corrected chi connectivity index (χ4v) is 9.27. The van der Waals surface area contributed by atoms with E-state index in [9.17, 15) is 4.21 Å². The van der Waals surface area contributed by atoms with E-state index in [1.165, 1.54) is 30.8 Å². The molecule has 0 amide bonds. The summed E-state index contributed by atoms with van der Waals surface area (Å²) in [4.78, 5) is 0. The summed E-state index contributed by atoms with van der Waals surface area (Å²) in [7, 11) is -0.636. The SMILES string of the molecule is CCCC12CSC(CCC(C)(C)C)(SC1)S(=O)C2. The lowest BCUT2D eigenvalue weighted by atomic mass is 9.89. The zero-order chi connectivity index (χ0) is 13.4. The first-order valence-corrected chi connectivity index (χ1v) is 10.3. The summed E-state index contributed by atoms with van der Waals surface area (Å²) in [6, 6.07) is 0. The van der Waals surface area contributed by atoms with Crippen LogP contribution in [0.25, 0.3) is 0 Å². The predicted molar refractivity (Wildman–Crippen MR) is 86.7 cm³/mol. The molecule has 1 unspecified atom stereocenters. The van der Waals surface area contributed by atoms with Gasteiger partial charge in [-0.1, -0.05) is 34.1 Å². The maximum atomic E-state index is 12.6. The fourth-order valence-electron chi connectivity index (χ4n) is 2.75. The Bertz CT molecular complexity index is 324. The van der Waals surface area contributed by atoms with Crippen LogP contribution in [0.15, 0.2) is 0 Å². The number of rotatable bonds is 4. The quantitative estimate of drug-likeness (QED) is 0.761. The van der Waals surface area contributed by atoms with E-state index in [-0.39, 0.29) is 3.41 Å². The molecule has 2 bridgehead atoms. The second kappa shape index (κ2) is 5.33. The molecule has 1 nitrogen and oxygen atoms in total. The van der Waals surface area contributed by atoms with Gasteiger partial charge in [0.1, 0.15) is 3.41 Å². The molecule has 0 radical (unpaired) electrons. The summed E-state index contributed by atoms with van der Waals surface area (Å²) in [6.45, 7) is 9.11. The van der Waals surface area contributed by atoms with E-state index in [0.717, 1.165) is 12.2 Å². The molecule has 0 aliphatic carbocycles. The zero-order valence-corrected chi connectivity index (χ0v) is 14.5. The predicted octanol–water partition coefficient (Wildman–Crippen LogP) is 4.50. The van der Waals surface area contributed by atoms with Crippen molar-refractivity contribution in [3.05, 3.63) is 0 Å². The maximum absolute atomic E-state index is 12.6. The Morgan fingerprint density at radius 3 is 2.22 bits per heavy atom. The third-order valence-electron chi connectivity index (χ3n) is 3.94.